The first-order valence-electron chi connectivity index (χ1n) is 8.30. The average molecular weight is 421 g/mol. The van der Waals surface area contributed by atoms with E-state index in [9.17, 15) is 14.4 Å². The number of fused-ring (bicyclic) bond motifs is 1. The molecule has 2 amide bonds. The molecule has 3 aromatic rings. The number of ether oxygens (including phenoxy) is 1. The van der Waals surface area contributed by atoms with E-state index < -0.39 is 17.8 Å². The number of imidazole rings is 1. The molecule has 0 unspecified atom stereocenters. The molecule has 0 bridgehead atoms. The number of nitrogens with zero attached hydrogens (tertiary/aromatic N) is 2. The van der Waals surface area contributed by atoms with Gasteiger partial charge in [-0.2, -0.15) is 0 Å². The first-order chi connectivity index (χ1) is 13.2. The number of primary amides is 1. The summed E-state index contributed by atoms with van der Waals surface area (Å²) in [6.45, 7) is 5.09. The van der Waals surface area contributed by atoms with Gasteiger partial charge in [-0.3, -0.25) is 14.0 Å². The van der Waals surface area contributed by atoms with Crippen molar-refractivity contribution < 1.29 is 19.1 Å². The Morgan fingerprint density at radius 1 is 1.36 bits per heavy atom. The number of thiophene rings is 1. The van der Waals surface area contributed by atoms with Gasteiger partial charge in [0, 0.05) is 17.3 Å². The van der Waals surface area contributed by atoms with Gasteiger partial charge in [-0.05, 0) is 32.4 Å². The molecule has 28 heavy (non-hydrogen) atoms. The van der Waals surface area contributed by atoms with Gasteiger partial charge in [0.1, 0.15) is 16.3 Å². The summed E-state index contributed by atoms with van der Waals surface area (Å²) in [4.78, 5) is 41.5. The van der Waals surface area contributed by atoms with E-state index in [-0.39, 0.29) is 27.7 Å². The van der Waals surface area contributed by atoms with Gasteiger partial charge in [0.25, 0.3) is 11.8 Å². The molecular formula is C18H17ClN4O4S. The molecule has 8 nitrogen and oxygen atoms in total. The molecule has 3 N–H and O–H groups in total. The smallest absolute Gasteiger partial charge is 0.341 e. The number of pyridine rings is 1. The number of aryl methyl sites for hydroxylation is 1. The molecule has 3 rings (SSSR count). The van der Waals surface area contributed by atoms with Crippen LogP contribution in [0.25, 0.3) is 5.65 Å². The number of anilines is 1. The number of hydrogen-bond donors (Lipinski definition) is 2. The van der Waals surface area contributed by atoms with Crippen molar-refractivity contribution in [3.8, 4) is 0 Å². The molecule has 0 saturated heterocycles. The standard InChI is InChI=1S/C18H17ClN4O4S/c1-4-27-18(26)12-8(2)14(15(20)24)28-17(12)22-16(25)13-9(3)21-11-7-10(19)5-6-23(11)13/h5-7H,4H2,1-3H3,(H2,20,24)(H,22,25). The van der Waals surface area contributed by atoms with Gasteiger partial charge in [-0.1, -0.05) is 11.6 Å². The van der Waals surface area contributed by atoms with Crippen molar-refractivity contribution in [1.29, 1.82) is 0 Å². The van der Waals surface area contributed by atoms with Crippen LogP contribution in [0.5, 0.6) is 0 Å². The molecule has 0 aliphatic heterocycles. The van der Waals surface area contributed by atoms with E-state index in [2.05, 4.69) is 10.3 Å². The number of carbonyl (C=O) groups excluding carboxylic acids is 3. The fourth-order valence-electron chi connectivity index (χ4n) is 2.86. The minimum Gasteiger partial charge on any atom is -0.462 e. The van der Waals surface area contributed by atoms with Gasteiger partial charge in [0.2, 0.25) is 0 Å². The number of nitrogens with one attached hydrogen (secondary N) is 1. The topological polar surface area (TPSA) is 116 Å². The molecule has 0 spiro atoms. The molecule has 0 atom stereocenters. The maximum absolute atomic E-state index is 13.0. The van der Waals surface area contributed by atoms with Crippen LogP contribution < -0.4 is 11.1 Å². The van der Waals surface area contributed by atoms with E-state index in [4.69, 9.17) is 22.1 Å². The number of rotatable bonds is 5. The second-order valence-corrected chi connectivity index (χ2v) is 7.38. The van der Waals surface area contributed by atoms with E-state index >= 15 is 0 Å². The van der Waals surface area contributed by atoms with Crippen LogP contribution in [-0.2, 0) is 4.74 Å². The largest absolute Gasteiger partial charge is 0.462 e. The predicted molar refractivity (Wildman–Crippen MR) is 106 cm³/mol. The van der Waals surface area contributed by atoms with E-state index in [0.717, 1.165) is 11.3 Å². The van der Waals surface area contributed by atoms with Crippen LogP contribution in [0, 0.1) is 13.8 Å². The van der Waals surface area contributed by atoms with Crippen molar-refractivity contribution in [1.82, 2.24) is 9.38 Å². The summed E-state index contributed by atoms with van der Waals surface area (Å²) in [5.41, 5.74) is 7.16. The average Bonchev–Trinajstić information content (AvgIpc) is 3.10. The van der Waals surface area contributed by atoms with Crippen LogP contribution in [0.3, 0.4) is 0 Å². The Morgan fingerprint density at radius 3 is 2.71 bits per heavy atom. The summed E-state index contributed by atoms with van der Waals surface area (Å²) in [5.74, 6) is -1.81. The number of carbonyl (C=O) groups is 3. The van der Waals surface area contributed by atoms with Gasteiger partial charge >= 0.3 is 5.97 Å². The zero-order valence-electron chi connectivity index (χ0n) is 15.3. The van der Waals surface area contributed by atoms with Crippen LogP contribution in [0.4, 0.5) is 5.00 Å². The molecule has 0 aliphatic rings. The van der Waals surface area contributed by atoms with Crippen LogP contribution in [0.1, 0.15) is 48.7 Å². The second-order valence-electron chi connectivity index (χ2n) is 5.92. The Balaban J connectivity index is 2.05. The number of aromatic nitrogens is 2. The molecule has 3 heterocycles. The fourth-order valence-corrected chi connectivity index (χ4v) is 4.06. The van der Waals surface area contributed by atoms with E-state index in [1.165, 1.54) is 0 Å². The highest BCUT2D eigenvalue weighted by molar-refractivity contribution is 7.18. The number of esters is 1. The quantitative estimate of drug-likeness (QED) is 0.615. The lowest BCUT2D eigenvalue weighted by Crippen LogP contribution is -2.17. The predicted octanol–water partition coefficient (Wildman–Crippen LogP) is 3.19. The summed E-state index contributed by atoms with van der Waals surface area (Å²) in [6.07, 6.45) is 1.63. The molecule has 0 fully saturated rings. The summed E-state index contributed by atoms with van der Waals surface area (Å²) in [7, 11) is 0. The monoisotopic (exact) mass is 420 g/mol. The minimum absolute atomic E-state index is 0.114. The van der Waals surface area contributed by atoms with Crippen molar-refractivity contribution in [2.75, 3.05) is 11.9 Å². The highest BCUT2D eigenvalue weighted by Gasteiger charge is 2.27. The van der Waals surface area contributed by atoms with Crippen LogP contribution >= 0.6 is 22.9 Å². The Labute approximate surface area is 169 Å². The van der Waals surface area contributed by atoms with Crippen molar-refractivity contribution in [3.05, 3.63) is 50.7 Å². The van der Waals surface area contributed by atoms with Crippen molar-refractivity contribution >= 4 is 51.4 Å². The number of halogens is 1. The molecule has 3 aromatic heterocycles. The lowest BCUT2D eigenvalue weighted by molar-refractivity contribution is 0.0527. The third-order valence-corrected chi connectivity index (χ3v) is 5.51. The van der Waals surface area contributed by atoms with Crippen LogP contribution in [0.2, 0.25) is 5.02 Å². The normalized spacial score (nSPS) is 10.9. The highest BCUT2D eigenvalue weighted by atomic mass is 35.5. The van der Waals surface area contributed by atoms with Crippen molar-refractivity contribution in [2.24, 2.45) is 5.73 Å². The maximum Gasteiger partial charge on any atom is 0.341 e. The lowest BCUT2D eigenvalue weighted by atomic mass is 10.1. The van der Waals surface area contributed by atoms with Crippen LogP contribution in [0.15, 0.2) is 18.3 Å². The third-order valence-electron chi connectivity index (χ3n) is 4.05. The molecule has 0 saturated carbocycles. The fraction of sp³-hybridized carbons (Fsp3) is 0.222. The maximum atomic E-state index is 13.0. The summed E-state index contributed by atoms with van der Waals surface area (Å²) >= 11 is 6.91. The summed E-state index contributed by atoms with van der Waals surface area (Å²) < 4.78 is 6.65. The molecule has 10 heteroatoms. The molecule has 0 aliphatic carbocycles. The zero-order chi connectivity index (χ0) is 20.6. The lowest BCUT2D eigenvalue weighted by Gasteiger charge is -2.08. The van der Waals surface area contributed by atoms with E-state index in [1.807, 2.05) is 0 Å². The number of nitrogens with two attached hydrogens (primary N) is 1. The van der Waals surface area contributed by atoms with Crippen LogP contribution in [-0.4, -0.2) is 33.8 Å². The first kappa shape index (κ1) is 19.8. The zero-order valence-corrected chi connectivity index (χ0v) is 16.9. The van der Waals surface area contributed by atoms with Gasteiger partial charge in [-0.25, -0.2) is 9.78 Å². The van der Waals surface area contributed by atoms with Gasteiger partial charge in [-0.15, -0.1) is 11.3 Å². The SMILES string of the molecule is CCOC(=O)c1c(NC(=O)c2c(C)nc3cc(Cl)ccn23)sc(C(N)=O)c1C. The summed E-state index contributed by atoms with van der Waals surface area (Å²) in [6, 6.07) is 3.27. The van der Waals surface area contributed by atoms with Gasteiger partial charge in [0.15, 0.2) is 0 Å². The second kappa shape index (κ2) is 7.61. The Morgan fingerprint density at radius 2 is 2.07 bits per heavy atom. The van der Waals surface area contributed by atoms with Crippen molar-refractivity contribution in [2.45, 2.75) is 20.8 Å². The highest BCUT2D eigenvalue weighted by Crippen LogP contribution is 2.34. The Hall–Kier alpha value is -2.91. The number of amides is 2. The van der Waals surface area contributed by atoms with Crippen molar-refractivity contribution in [3.63, 3.8) is 0 Å². The molecule has 146 valence electrons. The third kappa shape index (κ3) is 3.46. The van der Waals surface area contributed by atoms with E-state index in [0.29, 0.717) is 21.9 Å². The first-order valence-corrected chi connectivity index (χ1v) is 9.49. The van der Waals surface area contributed by atoms with E-state index in [1.54, 1.807) is 43.5 Å². The molecule has 0 radical (unpaired) electrons. The van der Waals surface area contributed by atoms with Gasteiger partial charge in [0.05, 0.1) is 22.7 Å². The molecule has 0 aromatic carbocycles. The minimum atomic E-state index is -0.686. The Bertz CT molecular complexity index is 1120. The Kier molecular flexibility index (Phi) is 5.39. The summed E-state index contributed by atoms with van der Waals surface area (Å²) in [5, 5.41) is 3.38. The number of hydrogen-bond acceptors (Lipinski definition) is 6. The van der Waals surface area contributed by atoms with Gasteiger partial charge < -0.3 is 15.8 Å². The molecular weight excluding hydrogens is 404 g/mol.